The van der Waals surface area contributed by atoms with Crippen molar-refractivity contribution < 1.29 is 9.53 Å². The van der Waals surface area contributed by atoms with Crippen molar-refractivity contribution in [3.8, 4) is 0 Å². The van der Waals surface area contributed by atoms with Crippen molar-refractivity contribution in [2.45, 2.75) is 58.8 Å². The molecule has 0 unspecified atom stereocenters. The van der Waals surface area contributed by atoms with Crippen molar-refractivity contribution in [1.29, 1.82) is 0 Å². The maximum absolute atomic E-state index is 11.9. The lowest BCUT2D eigenvalue weighted by Gasteiger charge is -2.33. The lowest BCUT2D eigenvalue weighted by molar-refractivity contribution is -0.149. The van der Waals surface area contributed by atoms with Crippen LogP contribution in [-0.4, -0.2) is 75.2 Å². The number of halogens is 1. The monoisotopic (exact) mass is 496 g/mol. The van der Waals surface area contributed by atoms with Crippen LogP contribution in [-0.2, 0) is 9.53 Å². The quantitative estimate of drug-likeness (QED) is 0.156. The lowest BCUT2D eigenvalue weighted by atomic mass is 9.97. The number of aliphatic imine (C=N–C) groups is 1. The number of nitrogens with zero attached hydrogens (tertiary/aromatic N) is 3. The van der Waals surface area contributed by atoms with Gasteiger partial charge in [-0.2, -0.15) is 0 Å². The van der Waals surface area contributed by atoms with E-state index in [-0.39, 0.29) is 35.9 Å². The minimum atomic E-state index is -0.0386. The largest absolute Gasteiger partial charge is 0.466 e. The molecule has 0 aliphatic carbocycles. The number of carbonyl (C=O) groups excluding carboxylic acids is 1. The standard InChI is InChI=1S/C20H40N4O2.HI/c1-5-21-20(22-14-10-8-7-9-11-15-23(3)4)24-16-12-18(13-17-24)19(25)26-6-2;/h18H,5-17H2,1-4H3,(H,21,22);1H. The van der Waals surface area contributed by atoms with Crippen LogP contribution in [0.1, 0.15) is 58.8 Å². The highest BCUT2D eigenvalue weighted by Gasteiger charge is 2.27. The zero-order valence-electron chi connectivity index (χ0n) is 17.8. The van der Waals surface area contributed by atoms with Crippen LogP contribution in [0.25, 0.3) is 0 Å². The fourth-order valence-corrected chi connectivity index (χ4v) is 3.27. The van der Waals surface area contributed by atoms with Crippen LogP contribution in [0.2, 0.25) is 0 Å². The summed E-state index contributed by atoms with van der Waals surface area (Å²) in [7, 11) is 4.26. The normalized spacial score (nSPS) is 15.6. The van der Waals surface area contributed by atoms with Crippen LogP contribution in [0.4, 0.5) is 0 Å². The van der Waals surface area contributed by atoms with E-state index in [1.165, 1.54) is 32.2 Å². The van der Waals surface area contributed by atoms with E-state index in [0.717, 1.165) is 51.4 Å². The highest BCUT2D eigenvalue weighted by Crippen LogP contribution is 2.18. The second-order valence-corrected chi connectivity index (χ2v) is 7.32. The van der Waals surface area contributed by atoms with Crippen molar-refractivity contribution in [2.24, 2.45) is 10.9 Å². The van der Waals surface area contributed by atoms with E-state index in [9.17, 15) is 4.79 Å². The summed E-state index contributed by atoms with van der Waals surface area (Å²) in [6, 6.07) is 0. The molecule has 0 saturated carbocycles. The molecule has 0 aromatic carbocycles. The Labute approximate surface area is 183 Å². The SMILES string of the molecule is CCNC(=NCCCCCCCN(C)C)N1CCC(C(=O)OCC)CC1.I. The molecule has 1 saturated heterocycles. The average molecular weight is 496 g/mol. The Morgan fingerprint density at radius 3 is 2.33 bits per heavy atom. The number of carbonyl (C=O) groups is 1. The Bertz CT molecular complexity index is 411. The maximum atomic E-state index is 11.9. The molecule has 160 valence electrons. The Kier molecular flexibility index (Phi) is 16.0. The molecule has 1 aliphatic heterocycles. The summed E-state index contributed by atoms with van der Waals surface area (Å²) in [5.74, 6) is 1.02. The van der Waals surface area contributed by atoms with Crippen LogP contribution in [0.15, 0.2) is 4.99 Å². The molecule has 0 atom stereocenters. The molecule has 27 heavy (non-hydrogen) atoms. The van der Waals surface area contributed by atoms with Crippen LogP contribution in [0.3, 0.4) is 0 Å². The van der Waals surface area contributed by atoms with Gasteiger partial charge in [-0.25, -0.2) is 0 Å². The molecular weight excluding hydrogens is 455 g/mol. The van der Waals surface area contributed by atoms with E-state index in [2.05, 4.69) is 36.1 Å². The van der Waals surface area contributed by atoms with Gasteiger partial charge >= 0.3 is 5.97 Å². The third-order valence-corrected chi connectivity index (χ3v) is 4.77. The summed E-state index contributed by atoms with van der Waals surface area (Å²) < 4.78 is 5.15. The minimum Gasteiger partial charge on any atom is -0.466 e. The Balaban J connectivity index is 0.00000676. The van der Waals surface area contributed by atoms with E-state index >= 15 is 0 Å². The summed E-state index contributed by atoms with van der Waals surface area (Å²) in [6.07, 6.45) is 8.00. The molecule has 0 bridgehead atoms. The Morgan fingerprint density at radius 1 is 1.11 bits per heavy atom. The van der Waals surface area contributed by atoms with E-state index in [0.29, 0.717) is 6.61 Å². The van der Waals surface area contributed by atoms with Crippen molar-refractivity contribution >= 4 is 35.9 Å². The van der Waals surface area contributed by atoms with Gasteiger partial charge in [0.25, 0.3) is 0 Å². The molecule has 1 fully saturated rings. The van der Waals surface area contributed by atoms with Gasteiger partial charge in [-0.15, -0.1) is 24.0 Å². The van der Waals surface area contributed by atoms with Crippen LogP contribution in [0, 0.1) is 5.92 Å². The van der Waals surface area contributed by atoms with E-state index in [4.69, 9.17) is 9.73 Å². The summed E-state index contributed by atoms with van der Waals surface area (Å²) in [6.45, 7) is 9.13. The first-order valence-electron chi connectivity index (χ1n) is 10.4. The van der Waals surface area contributed by atoms with Gasteiger partial charge in [-0.3, -0.25) is 9.79 Å². The molecule has 0 aromatic heterocycles. The predicted molar refractivity (Wildman–Crippen MR) is 124 cm³/mol. The fourth-order valence-electron chi connectivity index (χ4n) is 3.27. The van der Waals surface area contributed by atoms with Gasteiger partial charge < -0.3 is 19.9 Å². The number of unbranched alkanes of at least 4 members (excludes halogenated alkanes) is 4. The van der Waals surface area contributed by atoms with Crippen LogP contribution >= 0.6 is 24.0 Å². The number of guanidine groups is 1. The molecule has 1 aliphatic rings. The Morgan fingerprint density at radius 2 is 1.74 bits per heavy atom. The highest BCUT2D eigenvalue weighted by atomic mass is 127. The first-order chi connectivity index (χ1) is 12.6. The summed E-state index contributed by atoms with van der Waals surface area (Å²) in [5, 5.41) is 3.40. The number of ether oxygens (including phenoxy) is 1. The third kappa shape index (κ3) is 11.8. The van der Waals surface area contributed by atoms with E-state index in [1.54, 1.807) is 0 Å². The second kappa shape index (κ2) is 16.4. The smallest absolute Gasteiger partial charge is 0.309 e. The van der Waals surface area contributed by atoms with Gasteiger partial charge in [-0.1, -0.05) is 19.3 Å². The first-order valence-corrected chi connectivity index (χ1v) is 10.4. The molecule has 1 heterocycles. The van der Waals surface area contributed by atoms with Gasteiger partial charge in [0.2, 0.25) is 0 Å². The van der Waals surface area contributed by atoms with Gasteiger partial charge in [0.1, 0.15) is 0 Å². The van der Waals surface area contributed by atoms with Gasteiger partial charge in [0.05, 0.1) is 12.5 Å². The lowest BCUT2D eigenvalue weighted by Crippen LogP contribution is -2.46. The molecule has 0 aromatic rings. The maximum Gasteiger partial charge on any atom is 0.309 e. The molecule has 0 radical (unpaired) electrons. The number of hydrogen-bond acceptors (Lipinski definition) is 4. The minimum absolute atomic E-state index is 0. The number of hydrogen-bond donors (Lipinski definition) is 1. The van der Waals surface area contributed by atoms with Gasteiger partial charge in [0, 0.05) is 26.2 Å². The summed E-state index contributed by atoms with van der Waals surface area (Å²) >= 11 is 0. The first kappa shape index (κ1) is 26.4. The third-order valence-electron chi connectivity index (χ3n) is 4.77. The zero-order chi connectivity index (χ0) is 19.2. The number of rotatable bonds is 11. The molecular formula is C20H41IN4O2. The highest BCUT2D eigenvalue weighted by molar-refractivity contribution is 14.0. The van der Waals surface area contributed by atoms with Crippen molar-refractivity contribution in [2.75, 3.05) is 53.4 Å². The molecule has 0 spiro atoms. The van der Waals surface area contributed by atoms with Crippen molar-refractivity contribution in [3.63, 3.8) is 0 Å². The number of nitrogens with one attached hydrogen (secondary N) is 1. The fraction of sp³-hybridized carbons (Fsp3) is 0.900. The van der Waals surface area contributed by atoms with E-state index in [1.807, 2.05) is 6.92 Å². The predicted octanol–water partition coefficient (Wildman–Crippen LogP) is 3.36. The average Bonchev–Trinajstić information content (AvgIpc) is 2.63. The van der Waals surface area contributed by atoms with Crippen molar-refractivity contribution in [3.05, 3.63) is 0 Å². The molecule has 1 rings (SSSR count). The Hall–Kier alpha value is -0.570. The van der Waals surface area contributed by atoms with Crippen molar-refractivity contribution in [1.82, 2.24) is 15.1 Å². The van der Waals surface area contributed by atoms with Crippen LogP contribution < -0.4 is 5.32 Å². The number of likely N-dealkylation sites (tertiary alicyclic amines) is 1. The number of esters is 1. The zero-order valence-corrected chi connectivity index (χ0v) is 20.2. The number of piperidine rings is 1. The molecule has 0 amide bonds. The summed E-state index contributed by atoms with van der Waals surface area (Å²) in [4.78, 5) is 21.2. The van der Waals surface area contributed by atoms with E-state index < -0.39 is 0 Å². The van der Waals surface area contributed by atoms with Crippen LogP contribution in [0.5, 0.6) is 0 Å². The van der Waals surface area contributed by atoms with Gasteiger partial charge in [0.15, 0.2) is 5.96 Å². The molecule has 6 nitrogen and oxygen atoms in total. The topological polar surface area (TPSA) is 57.2 Å². The summed E-state index contributed by atoms with van der Waals surface area (Å²) in [5.41, 5.74) is 0. The second-order valence-electron chi connectivity index (χ2n) is 7.32. The molecule has 1 N–H and O–H groups in total. The van der Waals surface area contributed by atoms with Gasteiger partial charge in [-0.05, 0) is 60.2 Å². The molecule has 7 heteroatoms.